The van der Waals surface area contributed by atoms with Crippen molar-refractivity contribution < 1.29 is 17.9 Å². The molecule has 0 aromatic heterocycles. The monoisotopic (exact) mass is 295 g/mol. The minimum absolute atomic E-state index is 0.0128. The van der Waals surface area contributed by atoms with Gasteiger partial charge in [-0.3, -0.25) is 4.72 Å². The SMILES string of the molecule is Cc1ccc(NS(=O)(=O)c2cc(F)ccc2C)cc1O. The number of halogens is 1. The summed E-state index contributed by atoms with van der Waals surface area (Å²) in [7, 11) is -3.90. The van der Waals surface area contributed by atoms with Gasteiger partial charge in [0.15, 0.2) is 0 Å². The lowest BCUT2D eigenvalue weighted by Crippen LogP contribution is -2.14. The minimum atomic E-state index is -3.90. The van der Waals surface area contributed by atoms with Crippen LogP contribution in [0, 0.1) is 19.7 Å². The second-order valence-electron chi connectivity index (χ2n) is 4.52. The number of benzene rings is 2. The van der Waals surface area contributed by atoms with Crippen molar-refractivity contribution in [1.82, 2.24) is 0 Å². The molecule has 0 amide bonds. The Morgan fingerprint density at radius 3 is 2.35 bits per heavy atom. The maximum absolute atomic E-state index is 13.2. The third-order valence-electron chi connectivity index (χ3n) is 2.90. The molecule has 2 N–H and O–H groups in total. The molecule has 0 fully saturated rings. The number of sulfonamides is 1. The van der Waals surface area contributed by atoms with Crippen LogP contribution in [0.5, 0.6) is 5.75 Å². The van der Waals surface area contributed by atoms with E-state index in [9.17, 15) is 17.9 Å². The molecule has 6 heteroatoms. The van der Waals surface area contributed by atoms with Crippen molar-refractivity contribution >= 4 is 15.7 Å². The Kier molecular flexibility index (Phi) is 3.67. The van der Waals surface area contributed by atoms with E-state index in [1.165, 1.54) is 24.3 Å². The number of phenolic OH excluding ortho intramolecular Hbond substituents is 1. The second-order valence-corrected chi connectivity index (χ2v) is 6.17. The van der Waals surface area contributed by atoms with Crippen LogP contribution in [-0.2, 0) is 10.0 Å². The van der Waals surface area contributed by atoms with E-state index < -0.39 is 15.8 Å². The molecular weight excluding hydrogens is 281 g/mol. The van der Waals surface area contributed by atoms with Gasteiger partial charge in [0.2, 0.25) is 0 Å². The average Bonchev–Trinajstić information content (AvgIpc) is 2.36. The molecule has 0 radical (unpaired) electrons. The van der Waals surface area contributed by atoms with Crippen molar-refractivity contribution in [3.63, 3.8) is 0 Å². The summed E-state index contributed by atoms with van der Waals surface area (Å²) in [6.07, 6.45) is 0. The number of nitrogens with one attached hydrogen (secondary N) is 1. The predicted octanol–water partition coefficient (Wildman–Crippen LogP) is 2.95. The summed E-state index contributed by atoms with van der Waals surface area (Å²) < 4.78 is 39.9. The van der Waals surface area contributed by atoms with Gasteiger partial charge in [0.25, 0.3) is 10.0 Å². The van der Waals surface area contributed by atoms with Gasteiger partial charge >= 0.3 is 0 Å². The molecule has 0 aliphatic heterocycles. The molecule has 2 aromatic carbocycles. The largest absolute Gasteiger partial charge is 0.508 e. The Labute approximate surface area is 116 Å². The summed E-state index contributed by atoms with van der Waals surface area (Å²) in [6.45, 7) is 3.28. The summed E-state index contributed by atoms with van der Waals surface area (Å²) in [6, 6.07) is 7.99. The summed E-state index contributed by atoms with van der Waals surface area (Å²) in [5.74, 6) is -0.635. The van der Waals surface area contributed by atoms with Gasteiger partial charge in [-0.15, -0.1) is 0 Å². The maximum Gasteiger partial charge on any atom is 0.262 e. The van der Waals surface area contributed by atoms with E-state index in [0.29, 0.717) is 11.1 Å². The standard InChI is InChI=1S/C14H14FNO3S/c1-9-4-6-12(8-13(9)17)16-20(18,19)14-7-11(15)5-3-10(14)2/h3-8,16-17H,1-2H3. The van der Waals surface area contributed by atoms with Crippen molar-refractivity contribution in [3.05, 3.63) is 53.3 Å². The van der Waals surface area contributed by atoms with E-state index >= 15 is 0 Å². The first-order valence-corrected chi connectivity index (χ1v) is 7.36. The first kappa shape index (κ1) is 14.3. The highest BCUT2D eigenvalue weighted by molar-refractivity contribution is 7.92. The van der Waals surface area contributed by atoms with Crippen LogP contribution < -0.4 is 4.72 Å². The van der Waals surface area contributed by atoms with Crippen LogP contribution in [0.1, 0.15) is 11.1 Å². The van der Waals surface area contributed by atoms with Crippen LogP contribution in [0.25, 0.3) is 0 Å². The number of aromatic hydroxyl groups is 1. The zero-order valence-corrected chi connectivity index (χ0v) is 11.8. The maximum atomic E-state index is 13.2. The van der Waals surface area contributed by atoms with Gasteiger partial charge in [-0.2, -0.15) is 0 Å². The number of hydrogen-bond acceptors (Lipinski definition) is 3. The van der Waals surface area contributed by atoms with Crippen molar-refractivity contribution in [2.24, 2.45) is 0 Å². The first-order chi connectivity index (χ1) is 9.29. The van der Waals surface area contributed by atoms with Crippen LogP contribution >= 0.6 is 0 Å². The highest BCUT2D eigenvalue weighted by Gasteiger charge is 2.18. The van der Waals surface area contributed by atoms with Crippen LogP contribution in [0.15, 0.2) is 41.3 Å². The lowest BCUT2D eigenvalue weighted by Gasteiger charge is -2.11. The van der Waals surface area contributed by atoms with E-state index in [0.717, 1.165) is 6.07 Å². The summed E-state index contributed by atoms with van der Waals surface area (Å²) in [5.41, 5.74) is 1.29. The molecule has 0 unspecified atom stereocenters. The van der Waals surface area contributed by atoms with Crippen LogP contribution in [0.4, 0.5) is 10.1 Å². The molecule has 0 aliphatic carbocycles. The highest BCUT2D eigenvalue weighted by Crippen LogP contribution is 2.24. The fraction of sp³-hybridized carbons (Fsp3) is 0.143. The number of hydrogen-bond donors (Lipinski definition) is 2. The van der Waals surface area contributed by atoms with E-state index in [-0.39, 0.29) is 16.3 Å². The predicted molar refractivity (Wildman–Crippen MR) is 74.8 cm³/mol. The van der Waals surface area contributed by atoms with Gasteiger partial charge in [0.05, 0.1) is 10.6 Å². The lowest BCUT2D eigenvalue weighted by molar-refractivity contribution is 0.471. The lowest BCUT2D eigenvalue weighted by atomic mass is 10.2. The molecule has 0 aliphatic rings. The second kappa shape index (κ2) is 5.13. The summed E-state index contributed by atoms with van der Waals surface area (Å²) in [4.78, 5) is -0.127. The Hall–Kier alpha value is -2.08. The molecular formula is C14H14FNO3S. The third kappa shape index (κ3) is 2.91. The van der Waals surface area contributed by atoms with E-state index in [1.807, 2.05) is 0 Å². The van der Waals surface area contributed by atoms with Gasteiger partial charge in [-0.05, 0) is 43.2 Å². The molecule has 2 rings (SSSR count). The fourth-order valence-electron chi connectivity index (χ4n) is 1.75. The van der Waals surface area contributed by atoms with Gasteiger partial charge in [-0.1, -0.05) is 12.1 Å². The molecule has 0 atom stereocenters. The number of rotatable bonds is 3. The number of aryl methyl sites for hydroxylation is 2. The van der Waals surface area contributed by atoms with Crippen LogP contribution in [-0.4, -0.2) is 13.5 Å². The van der Waals surface area contributed by atoms with Crippen LogP contribution in [0.2, 0.25) is 0 Å². The average molecular weight is 295 g/mol. The van der Waals surface area contributed by atoms with E-state index in [1.54, 1.807) is 19.9 Å². The Morgan fingerprint density at radius 1 is 1.05 bits per heavy atom. The van der Waals surface area contributed by atoms with Crippen LogP contribution in [0.3, 0.4) is 0 Å². The molecule has 0 bridgehead atoms. The molecule has 0 saturated heterocycles. The topological polar surface area (TPSA) is 66.4 Å². The smallest absolute Gasteiger partial charge is 0.262 e. The molecule has 4 nitrogen and oxygen atoms in total. The van der Waals surface area contributed by atoms with Gasteiger partial charge in [0, 0.05) is 6.07 Å². The van der Waals surface area contributed by atoms with E-state index in [2.05, 4.69) is 4.72 Å². The van der Waals surface area contributed by atoms with E-state index in [4.69, 9.17) is 0 Å². The molecule has 0 saturated carbocycles. The fourth-order valence-corrected chi connectivity index (χ4v) is 3.05. The number of anilines is 1. The molecule has 2 aromatic rings. The van der Waals surface area contributed by atoms with Gasteiger partial charge in [0.1, 0.15) is 11.6 Å². The van der Waals surface area contributed by atoms with Crippen molar-refractivity contribution in [3.8, 4) is 5.75 Å². The Morgan fingerprint density at radius 2 is 1.70 bits per heavy atom. The zero-order chi connectivity index (χ0) is 14.9. The molecule has 106 valence electrons. The summed E-state index contributed by atoms with van der Waals surface area (Å²) in [5, 5.41) is 9.57. The Bertz CT molecular complexity index is 757. The first-order valence-electron chi connectivity index (χ1n) is 5.88. The van der Waals surface area contributed by atoms with Gasteiger partial charge in [-0.25, -0.2) is 12.8 Å². The van der Waals surface area contributed by atoms with Crippen molar-refractivity contribution in [2.45, 2.75) is 18.7 Å². The Balaban J connectivity index is 2.40. The van der Waals surface area contributed by atoms with Crippen molar-refractivity contribution in [2.75, 3.05) is 4.72 Å². The zero-order valence-electron chi connectivity index (χ0n) is 11.0. The van der Waals surface area contributed by atoms with Gasteiger partial charge < -0.3 is 5.11 Å². The molecule has 0 heterocycles. The molecule has 20 heavy (non-hydrogen) atoms. The number of phenols is 1. The van der Waals surface area contributed by atoms with Crippen molar-refractivity contribution in [1.29, 1.82) is 0 Å². The molecule has 0 spiro atoms. The minimum Gasteiger partial charge on any atom is -0.508 e. The normalized spacial score (nSPS) is 11.3. The highest BCUT2D eigenvalue weighted by atomic mass is 32.2. The third-order valence-corrected chi connectivity index (χ3v) is 4.42. The summed E-state index contributed by atoms with van der Waals surface area (Å²) >= 11 is 0. The quantitative estimate of drug-likeness (QED) is 0.915.